The number of carbonyl (C=O) groups is 2. The molecule has 3 rings (SSSR count). The lowest BCUT2D eigenvalue weighted by atomic mass is 9.96. The molecule has 0 aliphatic carbocycles. The Morgan fingerprint density at radius 2 is 1.68 bits per heavy atom. The van der Waals surface area contributed by atoms with Gasteiger partial charge in [-0.2, -0.15) is 4.31 Å². The zero-order valence-electron chi connectivity index (χ0n) is 17.8. The monoisotopic (exact) mass is 473 g/mol. The van der Waals surface area contributed by atoms with E-state index in [4.69, 9.17) is 21.1 Å². The SMILES string of the molecule is CCOC(=O)N1CCN(C(=O)C2CCN(S(=O)(=O)c3cc(Cl)ccc3OC)CC2)CC1. The number of benzene rings is 1. The van der Waals surface area contributed by atoms with Crippen molar-refractivity contribution < 1.29 is 27.5 Å². The van der Waals surface area contributed by atoms with E-state index in [1.807, 2.05) is 0 Å². The first kappa shape index (κ1) is 23.6. The third kappa shape index (κ3) is 5.24. The maximum Gasteiger partial charge on any atom is 0.409 e. The fourth-order valence-electron chi connectivity index (χ4n) is 3.92. The van der Waals surface area contributed by atoms with Crippen LogP contribution in [0.2, 0.25) is 5.02 Å². The molecular weight excluding hydrogens is 446 g/mol. The summed E-state index contributed by atoms with van der Waals surface area (Å²) < 4.78 is 37.8. The molecule has 0 atom stereocenters. The van der Waals surface area contributed by atoms with Crippen LogP contribution < -0.4 is 4.74 Å². The van der Waals surface area contributed by atoms with Crippen LogP contribution >= 0.6 is 11.6 Å². The van der Waals surface area contributed by atoms with Crippen molar-refractivity contribution in [1.29, 1.82) is 0 Å². The molecule has 0 N–H and O–H groups in total. The van der Waals surface area contributed by atoms with E-state index in [2.05, 4.69) is 0 Å². The molecule has 0 unspecified atom stereocenters. The molecule has 0 spiro atoms. The third-order valence-corrected chi connectivity index (χ3v) is 7.82. The maximum absolute atomic E-state index is 13.1. The highest BCUT2D eigenvalue weighted by Gasteiger charge is 2.36. The maximum atomic E-state index is 13.1. The van der Waals surface area contributed by atoms with Crippen molar-refractivity contribution in [3.8, 4) is 5.75 Å². The third-order valence-electron chi connectivity index (χ3n) is 5.66. The molecule has 1 aromatic rings. The predicted molar refractivity (Wildman–Crippen MR) is 115 cm³/mol. The van der Waals surface area contributed by atoms with Gasteiger partial charge in [0.15, 0.2) is 0 Å². The summed E-state index contributed by atoms with van der Waals surface area (Å²) in [6, 6.07) is 4.49. The van der Waals surface area contributed by atoms with Gasteiger partial charge >= 0.3 is 6.09 Å². The molecule has 2 aliphatic heterocycles. The number of piperidine rings is 1. The molecule has 0 saturated carbocycles. The van der Waals surface area contributed by atoms with E-state index < -0.39 is 10.0 Å². The molecule has 1 aromatic carbocycles. The van der Waals surface area contributed by atoms with Crippen molar-refractivity contribution in [2.45, 2.75) is 24.7 Å². The summed E-state index contributed by atoms with van der Waals surface area (Å²) in [5.41, 5.74) is 0. The first-order valence-corrected chi connectivity index (χ1v) is 12.1. The Balaban J connectivity index is 1.58. The molecule has 31 heavy (non-hydrogen) atoms. The number of carbonyl (C=O) groups excluding carboxylic acids is 2. The van der Waals surface area contributed by atoms with Crippen molar-refractivity contribution >= 4 is 33.6 Å². The number of methoxy groups -OCH3 is 1. The first-order chi connectivity index (χ1) is 14.8. The molecule has 172 valence electrons. The van der Waals surface area contributed by atoms with Crippen molar-refractivity contribution in [2.24, 2.45) is 5.92 Å². The summed E-state index contributed by atoms with van der Waals surface area (Å²) in [5.74, 6) is 0.0183. The highest BCUT2D eigenvalue weighted by molar-refractivity contribution is 7.89. The number of hydrogen-bond acceptors (Lipinski definition) is 6. The van der Waals surface area contributed by atoms with Crippen molar-refractivity contribution in [3.63, 3.8) is 0 Å². The van der Waals surface area contributed by atoms with Crippen LogP contribution in [0.3, 0.4) is 0 Å². The molecule has 9 nitrogen and oxygen atoms in total. The highest BCUT2D eigenvalue weighted by atomic mass is 35.5. The summed E-state index contributed by atoms with van der Waals surface area (Å²) in [6.07, 6.45) is 0.530. The van der Waals surface area contributed by atoms with Gasteiger partial charge in [-0.3, -0.25) is 4.79 Å². The Bertz CT molecular complexity index is 909. The average molecular weight is 474 g/mol. The molecular formula is C20H28ClN3O6S. The van der Waals surface area contributed by atoms with Gasteiger partial charge in [0.1, 0.15) is 10.6 Å². The first-order valence-electron chi connectivity index (χ1n) is 10.3. The van der Waals surface area contributed by atoms with Gasteiger partial charge in [-0.15, -0.1) is 0 Å². The molecule has 0 bridgehead atoms. The van der Waals surface area contributed by atoms with Gasteiger partial charge in [-0.1, -0.05) is 11.6 Å². The minimum Gasteiger partial charge on any atom is -0.495 e. The van der Waals surface area contributed by atoms with Gasteiger partial charge in [0, 0.05) is 50.2 Å². The number of ether oxygens (including phenoxy) is 2. The van der Waals surface area contributed by atoms with Gasteiger partial charge in [-0.05, 0) is 38.0 Å². The van der Waals surface area contributed by atoms with Crippen molar-refractivity contribution in [2.75, 3.05) is 53.0 Å². The Morgan fingerprint density at radius 1 is 1.06 bits per heavy atom. The zero-order chi connectivity index (χ0) is 22.6. The molecule has 2 fully saturated rings. The number of sulfonamides is 1. The molecule has 2 heterocycles. The van der Waals surface area contributed by atoms with Crippen molar-refractivity contribution in [3.05, 3.63) is 23.2 Å². The second kappa shape index (κ2) is 10.1. The average Bonchev–Trinajstić information content (AvgIpc) is 2.79. The lowest BCUT2D eigenvalue weighted by Crippen LogP contribution is -2.53. The van der Waals surface area contributed by atoms with Crippen LogP contribution in [0.15, 0.2) is 23.1 Å². The van der Waals surface area contributed by atoms with Gasteiger partial charge in [0.25, 0.3) is 0 Å². The molecule has 2 aliphatic rings. The van der Waals surface area contributed by atoms with E-state index in [9.17, 15) is 18.0 Å². The summed E-state index contributed by atoms with van der Waals surface area (Å²) in [6.45, 7) is 4.35. The van der Waals surface area contributed by atoms with E-state index >= 15 is 0 Å². The van der Waals surface area contributed by atoms with Gasteiger partial charge < -0.3 is 19.3 Å². The summed E-state index contributed by atoms with van der Waals surface area (Å²) in [4.78, 5) is 28.1. The van der Waals surface area contributed by atoms with Crippen LogP contribution in [0.5, 0.6) is 5.75 Å². The van der Waals surface area contributed by atoms with E-state index in [1.54, 1.807) is 22.8 Å². The van der Waals surface area contributed by atoms with Crippen LogP contribution in [0.4, 0.5) is 4.79 Å². The fraction of sp³-hybridized carbons (Fsp3) is 0.600. The van der Waals surface area contributed by atoms with E-state index in [0.717, 1.165) is 0 Å². The van der Waals surface area contributed by atoms with E-state index in [1.165, 1.54) is 23.5 Å². The predicted octanol–water partition coefficient (Wildman–Crippen LogP) is 2.05. The second-order valence-corrected chi connectivity index (χ2v) is 9.83. The number of nitrogens with zero attached hydrogens (tertiary/aromatic N) is 3. The number of halogens is 1. The molecule has 2 saturated heterocycles. The van der Waals surface area contributed by atoms with E-state index in [-0.39, 0.29) is 41.7 Å². The summed E-state index contributed by atoms with van der Waals surface area (Å²) in [5, 5.41) is 0.311. The lowest BCUT2D eigenvalue weighted by molar-refractivity contribution is -0.138. The van der Waals surface area contributed by atoms with Crippen LogP contribution in [0.1, 0.15) is 19.8 Å². The molecule has 0 aromatic heterocycles. The normalized spacial score (nSPS) is 18.7. The largest absolute Gasteiger partial charge is 0.495 e. The Hall–Kier alpha value is -2.04. The van der Waals surface area contributed by atoms with Crippen molar-refractivity contribution in [1.82, 2.24) is 14.1 Å². The summed E-state index contributed by atoms with van der Waals surface area (Å²) >= 11 is 6.00. The fourth-order valence-corrected chi connectivity index (χ4v) is 5.80. The number of amides is 2. The van der Waals surface area contributed by atoms with Gasteiger partial charge in [0.2, 0.25) is 15.9 Å². The van der Waals surface area contributed by atoms with Crippen LogP contribution in [0.25, 0.3) is 0 Å². The quantitative estimate of drug-likeness (QED) is 0.649. The topological polar surface area (TPSA) is 96.5 Å². The minimum absolute atomic E-state index is 0.0147. The smallest absolute Gasteiger partial charge is 0.409 e. The number of piperazine rings is 1. The van der Waals surface area contributed by atoms with Crippen LogP contribution in [-0.2, 0) is 19.6 Å². The second-order valence-electron chi connectivity index (χ2n) is 7.48. The molecule has 2 amide bonds. The van der Waals surface area contributed by atoms with Crippen LogP contribution in [-0.4, -0.2) is 87.5 Å². The molecule has 0 radical (unpaired) electrons. The van der Waals surface area contributed by atoms with Gasteiger partial charge in [-0.25, -0.2) is 13.2 Å². The number of hydrogen-bond donors (Lipinski definition) is 0. The Morgan fingerprint density at radius 3 is 2.26 bits per heavy atom. The Kier molecular flexibility index (Phi) is 7.66. The lowest BCUT2D eigenvalue weighted by Gasteiger charge is -2.38. The molecule has 11 heteroatoms. The minimum atomic E-state index is -3.78. The standard InChI is InChI=1S/C20H28ClN3O6S/c1-3-30-20(26)23-12-10-22(11-13-23)19(25)15-6-8-24(9-7-15)31(27,28)18-14-16(21)4-5-17(18)29-2/h4-5,14-15H,3,6-13H2,1-2H3. The van der Waals surface area contributed by atoms with E-state index in [0.29, 0.717) is 50.7 Å². The number of rotatable bonds is 5. The summed E-state index contributed by atoms with van der Waals surface area (Å²) in [7, 11) is -2.37. The zero-order valence-corrected chi connectivity index (χ0v) is 19.3. The highest BCUT2D eigenvalue weighted by Crippen LogP contribution is 2.32. The van der Waals surface area contributed by atoms with Crippen LogP contribution in [0, 0.1) is 5.92 Å². The Labute approximate surface area is 187 Å². The van der Waals surface area contributed by atoms with Gasteiger partial charge in [0.05, 0.1) is 13.7 Å².